The van der Waals surface area contributed by atoms with Gasteiger partial charge in [-0.3, -0.25) is 4.79 Å². The Morgan fingerprint density at radius 1 is 1.28 bits per heavy atom. The van der Waals surface area contributed by atoms with Crippen LogP contribution in [0.3, 0.4) is 0 Å². The normalized spacial score (nSPS) is 14.9. The third-order valence-corrected chi connectivity index (χ3v) is 6.46. The van der Waals surface area contributed by atoms with Gasteiger partial charge in [0.25, 0.3) is 0 Å². The molecule has 0 fully saturated rings. The van der Waals surface area contributed by atoms with Crippen LogP contribution in [0.15, 0.2) is 47.3 Å². The Hall–Kier alpha value is -4.41. The minimum atomic E-state index is -0.965. The van der Waals surface area contributed by atoms with E-state index in [1.807, 2.05) is 6.07 Å². The monoisotopic (exact) mass is 533 g/mol. The van der Waals surface area contributed by atoms with E-state index in [2.05, 4.69) is 32.3 Å². The van der Waals surface area contributed by atoms with Gasteiger partial charge in [-0.1, -0.05) is 6.07 Å². The van der Waals surface area contributed by atoms with Crippen molar-refractivity contribution in [3.8, 4) is 5.75 Å². The molecule has 0 saturated carbocycles. The summed E-state index contributed by atoms with van der Waals surface area (Å²) >= 11 is 0. The van der Waals surface area contributed by atoms with Gasteiger partial charge in [-0.05, 0) is 49.1 Å². The molecule has 11 nitrogen and oxygen atoms in total. The van der Waals surface area contributed by atoms with Gasteiger partial charge in [-0.2, -0.15) is 0 Å². The molecule has 0 spiro atoms. The van der Waals surface area contributed by atoms with Gasteiger partial charge >= 0.3 is 5.97 Å². The fourth-order valence-electron chi connectivity index (χ4n) is 4.45. The van der Waals surface area contributed by atoms with Gasteiger partial charge in [-0.25, -0.2) is 9.98 Å². The number of unbranched alkanes of at least 4 members (excludes halogenated alkanes) is 1. The summed E-state index contributed by atoms with van der Waals surface area (Å²) in [5, 5.41) is 30.3. The molecule has 1 atom stereocenters. The Kier molecular flexibility index (Phi) is 9.87. The van der Waals surface area contributed by atoms with Gasteiger partial charge in [0.1, 0.15) is 23.7 Å². The number of carboxylic acids is 1. The molecule has 1 aromatic carbocycles. The number of carboxylic acid groups (broad SMARTS) is 1. The van der Waals surface area contributed by atoms with Crippen molar-refractivity contribution in [3.05, 3.63) is 59.2 Å². The first-order chi connectivity index (χ1) is 19.1. The number of aryl methyl sites for hydroxylation is 1. The van der Waals surface area contributed by atoms with Crippen molar-refractivity contribution in [1.29, 1.82) is 5.41 Å². The molecular formula is C28H35N7O4. The quantitative estimate of drug-likeness (QED) is 0.115. The summed E-state index contributed by atoms with van der Waals surface area (Å²) in [7, 11) is 0. The highest BCUT2D eigenvalue weighted by atomic mass is 16.5. The fourth-order valence-corrected chi connectivity index (χ4v) is 4.45. The van der Waals surface area contributed by atoms with Crippen LogP contribution in [0.5, 0.6) is 5.75 Å². The first-order valence-electron chi connectivity index (χ1n) is 13.2. The maximum Gasteiger partial charge on any atom is 0.305 e. The minimum absolute atomic E-state index is 0.183. The molecule has 39 heavy (non-hydrogen) atoms. The Bertz CT molecular complexity index is 1240. The zero-order valence-corrected chi connectivity index (χ0v) is 21.8. The number of aliphatic imine (C=N–C) groups is 1. The van der Waals surface area contributed by atoms with Crippen LogP contribution >= 0.6 is 0 Å². The standard InChI is InChI=1S/C28H35N7O4/c29-16-20-14-22(39-13-9-21-6-5-19-4-3-11-32-28(19)33-21)7-8-23(20)34-24(15-27(37)38)25-17-30-18-26(35-25)31-10-1-2-12-36/h5-8,12,14,16,18,24,29-31,34H,1-4,9-11,13,15,17H2,(H,32,33)(H,37,38). The van der Waals surface area contributed by atoms with Gasteiger partial charge in [-0.15, -0.1) is 0 Å². The van der Waals surface area contributed by atoms with Gasteiger partial charge in [0, 0.05) is 55.3 Å². The predicted molar refractivity (Wildman–Crippen MR) is 151 cm³/mol. The van der Waals surface area contributed by atoms with Gasteiger partial charge < -0.3 is 41.3 Å². The molecule has 2 aromatic rings. The maximum atomic E-state index is 11.6. The Morgan fingerprint density at radius 2 is 2.18 bits per heavy atom. The van der Waals surface area contributed by atoms with Crippen molar-refractivity contribution in [2.75, 3.05) is 36.9 Å². The third kappa shape index (κ3) is 8.03. The number of carbonyl (C=O) groups excluding carboxylic acids is 1. The molecule has 2 aliphatic rings. The summed E-state index contributed by atoms with van der Waals surface area (Å²) in [6, 6.07) is 8.92. The van der Waals surface area contributed by atoms with E-state index in [0.29, 0.717) is 67.5 Å². The second-order valence-electron chi connectivity index (χ2n) is 9.38. The van der Waals surface area contributed by atoms with E-state index >= 15 is 0 Å². The van der Waals surface area contributed by atoms with E-state index in [0.717, 1.165) is 37.2 Å². The van der Waals surface area contributed by atoms with Gasteiger partial charge in [0.05, 0.1) is 31.3 Å². The Labute approximate surface area is 227 Å². The van der Waals surface area contributed by atoms with Crippen LogP contribution < -0.4 is 26.0 Å². The zero-order valence-electron chi connectivity index (χ0n) is 21.8. The maximum absolute atomic E-state index is 11.6. The minimum Gasteiger partial charge on any atom is -0.493 e. The van der Waals surface area contributed by atoms with Crippen LogP contribution in [0.4, 0.5) is 11.5 Å². The van der Waals surface area contributed by atoms with E-state index in [1.54, 1.807) is 24.4 Å². The first kappa shape index (κ1) is 27.6. The molecule has 0 aliphatic carbocycles. The number of ether oxygens (including phenoxy) is 1. The van der Waals surface area contributed by atoms with Crippen molar-refractivity contribution in [1.82, 2.24) is 15.6 Å². The molecule has 206 valence electrons. The van der Waals surface area contributed by atoms with E-state index in [9.17, 15) is 14.7 Å². The number of anilines is 2. The third-order valence-electron chi connectivity index (χ3n) is 6.46. The average Bonchev–Trinajstić information content (AvgIpc) is 2.95. The number of aldehydes is 1. The predicted octanol–water partition coefficient (Wildman–Crippen LogP) is 2.73. The molecule has 1 aromatic heterocycles. The topological polar surface area (TPSA) is 161 Å². The number of carbonyl (C=O) groups is 2. The van der Waals surface area contributed by atoms with Gasteiger partial charge in [0.2, 0.25) is 0 Å². The summed E-state index contributed by atoms with van der Waals surface area (Å²) in [6.07, 6.45) is 7.60. The average molecular weight is 534 g/mol. The van der Waals surface area contributed by atoms with Crippen molar-refractivity contribution < 1.29 is 19.4 Å². The Morgan fingerprint density at radius 3 is 3.00 bits per heavy atom. The molecular weight excluding hydrogens is 498 g/mol. The number of nitrogens with zero attached hydrogens (tertiary/aromatic N) is 2. The lowest BCUT2D eigenvalue weighted by atomic mass is 10.1. The molecule has 0 bridgehead atoms. The number of benzene rings is 1. The lowest BCUT2D eigenvalue weighted by Crippen LogP contribution is -2.40. The fraction of sp³-hybridized carbons (Fsp3) is 0.393. The summed E-state index contributed by atoms with van der Waals surface area (Å²) < 4.78 is 5.95. The molecule has 6 N–H and O–H groups in total. The second-order valence-corrected chi connectivity index (χ2v) is 9.38. The summed E-state index contributed by atoms with van der Waals surface area (Å²) in [5.74, 6) is 1.20. The van der Waals surface area contributed by atoms with E-state index in [-0.39, 0.29) is 6.42 Å². The number of hydrogen-bond donors (Lipinski definition) is 6. The SMILES string of the molecule is N=Cc1cc(OCCc2ccc3c(n2)NCCC3)ccc1NC(CC(=O)O)C1=NC(NCCCC=O)=CNC1. The number of fused-ring (bicyclic) bond motifs is 1. The lowest BCUT2D eigenvalue weighted by Gasteiger charge is -2.25. The summed E-state index contributed by atoms with van der Waals surface area (Å²) in [4.78, 5) is 31.5. The highest BCUT2D eigenvalue weighted by Crippen LogP contribution is 2.24. The number of pyridine rings is 1. The molecule has 11 heteroatoms. The molecule has 0 radical (unpaired) electrons. The van der Waals surface area contributed by atoms with E-state index in [1.165, 1.54) is 11.8 Å². The highest BCUT2D eigenvalue weighted by Gasteiger charge is 2.22. The van der Waals surface area contributed by atoms with Crippen molar-refractivity contribution in [3.63, 3.8) is 0 Å². The molecule has 2 aliphatic heterocycles. The summed E-state index contributed by atoms with van der Waals surface area (Å²) in [6.45, 7) is 2.35. The van der Waals surface area contributed by atoms with E-state index in [4.69, 9.17) is 15.1 Å². The largest absolute Gasteiger partial charge is 0.493 e. The van der Waals surface area contributed by atoms with E-state index < -0.39 is 12.0 Å². The summed E-state index contributed by atoms with van der Waals surface area (Å²) in [5.41, 5.74) is 4.02. The number of rotatable bonds is 15. The van der Waals surface area contributed by atoms with Gasteiger partial charge in [0.15, 0.2) is 0 Å². The van der Waals surface area contributed by atoms with Crippen molar-refractivity contribution in [2.24, 2.45) is 4.99 Å². The molecule has 4 rings (SSSR count). The number of aliphatic carboxylic acids is 1. The number of aromatic nitrogens is 1. The number of nitrogens with one attached hydrogen (secondary N) is 5. The molecule has 3 heterocycles. The molecule has 1 unspecified atom stereocenters. The molecule has 0 saturated heterocycles. The van der Waals surface area contributed by atoms with Crippen LogP contribution in [0.1, 0.15) is 42.5 Å². The highest BCUT2D eigenvalue weighted by molar-refractivity contribution is 5.98. The van der Waals surface area contributed by atoms with Crippen LogP contribution in [-0.2, 0) is 22.4 Å². The van der Waals surface area contributed by atoms with Crippen LogP contribution in [0.2, 0.25) is 0 Å². The van der Waals surface area contributed by atoms with Crippen molar-refractivity contribution >= 4 is 35.7 Å². The molecule has 0 amide bonds. The first-order valence-corrected chi connectivity index (χ1v) is 13.2. The Balaban J connectivity index is 1.39. The second kappa shape index (κ2) is 13.9. The smallest absolute Gasteiger partial charge is 0.305 e. The number of hydrogen-bond acceptors (Lipinski definition) is 10. The van der Waals surface area contributed by atoms with Crippen LogP contribution in [0, 0.1) is 5.41 Å². The lowest BCUT2D eigenvalue weighted by molar-refractivity contribution is -0.137. The zero-order chi connectivity index (χ0) is 27.5. The van der Waals surface area contributed by atoms with Crippen LogP contribution in [0.25, 0.3) is 0 Å². The van der Waals surface area contributed by atoms with Crippen molar-refractivity contribution in [2.45, 2.75) is 44.6 Å². The van der Waals surface area contributed by atoms with Crippen LogP contribution in [-0.4, -0.2) is 66.6 Å².